The number of urea groups is 1. The lowest BCUT2D eigenvalue weighted by molar-refractivity contribution is -0.384. The van der Waals surface area contributed by atoms with E-state index in [9.17, 15) is 24.5 Å². The molecule has 122 valence electrons. The second kappa shape index (κ2) is 8.49. The zero-order chi connectivity index (χ0) is 17.4. The number of hydrogen-bond acceptors (Lipinski definition) is 6. The Morgan fingerprint density at radius 3 is 2.70 bits per heavy atom. The van der Waals surface area contributed by atoms with Gasteiger partial charge in [-0.15, -0.1) is 6.58 Å². The second-order valence-electron chi connectivity index (χ2n) is 4.05. The van der Waals surface area contributed by atoms with Crippen LogP contribution in [0.4, 0.5) is 10.5 Å². The molecule has 0 aromatic heterocycles. The molecule has 0 bridgehead atoms. The van der Waals surface area contributed by atoms with Gasteiger partial charge in [0.05, 0.1) is 10.5 Å². The fourth-order valence-electron chi connectivity index (χ4n) is 1.37. The van der Waals surface area contributed by atoms with Crippen molar-refractivity contribution in [1.82, 2.24) is 10.6 Å². The average molecular weight is 342 g/mol. The molecule has 0 unspecified atom stereocenters. The first-order valence-corrected chi connectivity index (χ1v) is 6.52. The fourth-order valence-corrected chi connectivity index (χ4v) is 1.55. The third kappa shape index (κ3) is 5.75. The molecule has 3 amide bonds. The van der Waals surface area contributed by atoms with Crippen molar-refractivity contribution in [2.24, 2.45) is 0 Å². The lowest BCUT2D eigenvalue weighted by Crippen LogP contribution is -2.41. The first-order chi connectivity index (χ1) is 10.8. The van der Waals surface area contributed by atoms with E-state index in [1.165, 1.54) is 18.2 Å². The molecule has 0 saturated carbocycles. The SMILES string of the molecule is C=CCNC(=O)NC(=O)COC(=O)c1ccc(Cl)c([N+](=O)[O-])c1. The smallest absolute Gasteiger partial charge is 0.338 e. The van der Waals surface area contributed by atoms with E-state index in [1.54, 1.807) is 0 Å². The molecule has 9 nitrogen and oxygen atoms in total. The molecule has 23 heavy (non-hydrogen) atoms. The summed E-state index contributed by atoms with van der Waals surface area (Å²) in [5.41, 5.74) is -0.612. The highest BCUT2D eigenvalue weighted by Gasteiger charge is 2.18. The quantitative estimate of drug-likeness (QED) is 0.348. The van der Waals surface area contributed by atoms with Gasteiger partial charge in [-0.05, 0) is 12.1 Å². The van der Waals surface area contributed by atoms with Crippen LogP contribution in [0.3, 0.4) is 0 Å². The number of hydrogen-bond donors (Lipinski definition) is 2. The summed E-state index contributed by atoms with van der Waals surface area (Å²) in [6.07, 6.45) is 1.41. The van der Waals surface area contributed by atoms with Crippen LogP contribution in [-0.4, -0.2) is 36.0 Å². The highest BCUT2D eigenvalue weighted by atomic mass is 35.5. The van der Waals surface area contributed by atoms with Crippen molar-refractivity contribution in [3.8, 4) is 0 Å². The van der Waals surface area contributed by atoms with Crippen LogP contribution in [0.2, 0.25) is 5.02 Å². The van der Waals surface area contributed by atoms with Gasteiger partial charge in [0.15, 0.2) is 6.61 Å². The molecule has 1 aromatic rings. The fraction of sp³-hybridized carbons (Fsp3) is 0.154. The van der Waals surface area contributed by atoms with Crippen molar-refractivity contribution in [3.63, 3.8) is 0 Å². The van der Waals surface area contributed by atoms with E-state index >= 15 is 0 Å². The molecule has 2 N–H and O–H groups in total. The Hall–Kier alpha value is -2.94. The number of nitro groups is 1. The summed E-state index contributed by atoms with van der Waals surface area (Å²) in [7, 11) is 0. The van der Waals surface area contributed by atoms with Gasteiger partial charge in [0.2, 0.25) is 0 Å². The number of amides is 3. The van der Waals surface area contributed by atoms with Crippen LogP contribution in [0.1, 0.15) is 10.4 Å². The summed E-state index contributed by atoms with van der Waals surface area (Å²) in [5, 5.41) is 14.8. The molecular formula is C13H12ClN3O6. The van der Waals surface area contributed by atoms with Crippen molar-refractivity contribution in [2.75, 3.05) is 13.2 Å². The highest BCUT2D eigenvalue weighted by Crippen LogP contribution is 2.25. The lowest BCUT2D eigenvalue weighted by Gasteiger charge is -2.06. The normalized spacial score (nSPS) is 9.61. The molecule has 0 aliphatic heterocycles. The van der Waals surface area contributed by atoms with E-state index in [-0.39, 0.29) is 17.1 Å². The van der Waals surface area contributed by atoms with Crippen LogP contribution >= 0.6 is 11.6 Å². The van der Waals surface area contributed by atoms with E-state index in [0.29, 0.717) is 0 Å². The molecular weight excluding hydrogens is 330 g/mol. The highest BCUT2D eigenvalue weighted by molar-refractivity contribution is 6.32. The van der Waals surface area contributed by atoms with Gasteiger partial charge in [-0.25, -0.2) is 9.59 Å². The summed E-state index contributed by atoms with van der Waals surface area (Å²) in [5.74, 6) is -1.82. The Bertz CT molecular complexity index is 661. The number of nitrogens with zero attached hydrogens (tertiary/aromatic N) is 1. The summed E-state index contributed by atoms with van der Waals surface area (Å²) >= 11 is 5.61. The zero-order valence-electron chi connectivity index (χ0n) is 11.7. The van der Waals surface area contributed by atoms with E-state index in [1.807, 2.05) is 5.32 Å². The van der Waals surface area contributed by atoms with Crippen LogP contribution in [-0.2, 0) is 9.53 Å². The number of nitro benzene ring substituents is 1. The lowest BCUT2D eigenvalue weighted by atomic mass is 10.2. The van der Waals surface area contributed by atoms with Gasteiger partial charge in [-0.3, -0.25) is 20.2 Å². The van der Waals surface area contributed by atoms with Crippen molar-refractivity contribution < 1.29 is 24.0 Å². The Morgan fingerprint density at radius 2 is 2.09 bits per heavy atom. The van der Waals surface area contributed by atoms with Gasteiger partial charge in [0.25, 0.3) is 11.6 Å². The number of rotatable bonds is 6. The second-order valence-corrected chi connectivity index (χ2v) is 4.45. The van der Waals surface area contributed by atoms with Crippen LogP contribution in [0, 0.1) is 10.1 Å². The van der Waals surface area contributed by atoms with E-state index in [0.717, 1.165) is 6.07 Å². The van der Waals surface area contributed by atoms with Crippen LogP contribution in [0.25, 0.3) is 0 Å². The number of imide groups is 1. The van der Waals surface area contributed by atoms with Crippen molar-refractivity contribution in [3.05, 3.63) is 51.6 Å². The minimum Gasteiger partial charge on any atom is -0.452 e. The molecule has 0 heterocycles. The molecule has 0 saturated heterocycles. The van der Waals surface area contributed by atoms with E-state index in [2.05, 4.69) is 16.6 Å². The molecule has 0 aliphatic carbocycles. The molecule has 0 fully saturated rings. The number of benzene rings is 1. The first kappa shape index (κ1) is 18.1. The molecule has 0 spiro atoms. The average Bonchev–Trinajstić information content (AvgIpc) is 2.50. The van der Waals surface area contributed by atoms with Gasteiger partial charge in [0, 0.05) is 12.6 Å². The maximum Gasteiger partial charge on any atom is 0.338 e. The summed E-state index contributed by atoms with van der Waals surface area (Å²) < 4.78 is 4.65. The number of esters is 1. The molecule has 0 atom stereocenters. The number of carbonyl (C=O) groups excluding carboxylic acids is 3. The predicted octanol–water partition coefficient (Wildman–Crippen LogP) is 1.42. The maximum atomic E-state index is 11.7. The van der Waals surface area contributed by atoms with Crippen molar-refractivity contribution >= 4 is 35.2 Å². The third-order valence-corrected chi connectivity index (χ3v) is 2.69. The van der Waals surface area contributed by atoms with Gasteiger partial charge >= 0.3 is 12.0 Å². The maximum absolute atomic E-state index is 11.7. The largest absolute Gasteiger partial charge is 0.452 e. The predicted molar refractivity (Wildman–Crippen MR) is 80.1 cm³/mol. The molecule has 1 aromatic carbocycles. The van der Waals surface area contributed by atoms with Gasteiger partial charge < -0.3 is 10.1 Å². The Morgan fingerprint density at radius 1 is 1.39 bits per heavy atom. The number of carbonyl (C=O) groups is 3. The van der Waals surface area contributed by atoms with Crippen molar-refractivity contribution in [1.29, 1.82) is 0 Å². The Labute approximate surface area is 135 Å². The molecule has 0 radical (unpaired) electrons. The molecule has 0 aliphatic rings. The zero-order valence-corrected chi connectivity index (χ0v) is 12.5. The number of nitrogens with one attached hydrogen (secondary N) is 2. The Balaban J connectivity index is 2.58. The standard InChI is InChI=1S/C13H12ClN3O6/c1-2-5-15-13(20)16-11(18)7-23-12(19)8-3-4-9(14)10(6-8)17(21)22/h2-4,6H,1,5,7H2,(H2,15,16,18,20). The van der Waals surface area contributed by atoms with E-state index in [4.69, 9.17) is 11.6 Å². The van der Waals surface area contributed by atoms with Crippen LogP contribution in [0.15, 0.2) is 30.9 Å². The number of ether oxygens (including phenoxy) is 1. The monoisotopic (exact) mass is 341 g/mol. The number of halogens is 1. The van der Waals surface area contributed by atoms with Gasteiger partial charge in [-0.1, -0.05) is 17.7 Å². The Kier molecular flexibility index (Phi) is 6.68. The van der Waals surface area contributed by atoms with Crippen molar-refractivity contribution in [2.45, 2.75) is 0 Å². The summed E-state index contributed by atoms with van der Waals surface area (Å²) in [6, 6.07) is 2.54. The van der Waals surface area contributed by atoms with Crippen LogP contribution < -0.4 is 10.6 Å². The van der Waals surface area contributed by atoms with E-state index < -0.39 is 35.1 Å². The van der Waals surface area contributed by atoms with Crippen LogP contribution in [0.5, 0.6) is 0 Å². The van der Waals surface area contributed by atoms with Gasteiger partial charge in [0.1, 0.15) is 5.02 Å². The summed E-state index contributed by atoms with van der Waals surface area (Å²) in [4.78, 5) is 44.2. The first-order valence-electron chi connectivity index (χ1n) is 6.14. The molecule has 10 heteroatoms. The van der Waals surface area contributed by atoms with Gasteiger partial charge in [-0.2, -0.15) is 0 Å². The minimum absolute atomic E-state index is 0.136. The minimum atomic E-state index is -0.966. The topological polar surface area (TPSA) is 128 Å². The molecule has 1 rings (SSSR count). The summed E-state index contributed by atoms with van der Waals surface area (Å²) in [6.45, 7) is 2.81. The third-order valence-electron chi connectivity index (χ3n) is 2.37.